The Kier molecular flexibility index (Phi) is 5.77. The molecule has 0 amide bonds. The molecule has 5 heteroatoms. The molecule has 2 aromatic rings. The fourth-order valence-electron chi connectivity index (χ4n) is 1.15. The van der Waals surface area contributed by atoms with Crippen LogP contribution in [0.3, 0.4) is 0 Å². The molecule has 0 saturated heterocycles. The van der Waals surface area contributed by atoms with E-state index in [-0.39, 0.29) is 12.4 Å². The molecule has 89 valence electrons. The summed E-state index contributed by atoms with van der Waals surface area (Å²) in [5, 5.41) is 0. The first-order chi connectivity index (χ1) is 7.84. The van der Waals surface area contributed by atoms with Crippen LogP contribution in [-0.4, -0.2) is 0 Å². The topological polar surface area (TPSA) is 35.5 Å². The summed E-state index contributed by atoms with van der Waals surface area (Å²) in [6.45, 7) is 0. The standard InChI is InChI=1S/2C6H6O.ClH.O.V/c2*7-6-4-2-1-3-5-6;;;/h2*1-5,7H;1H;;/q;;;;+2/p-2. The Hall–Kier alpha value is -1.29. The van der Waals surface area contributed by atoms with Crippen molar-refractivity contribution < 1.29 is 26.8 Å². The van der Waals surface area contributed by atoms with Crippen LogP contribution in [0.1, 0.15) is 0 Å². The molecule has 0 bridgehead atoms. The van der Waals surface area contributed by atoms with Crippen LogP contribution in [-0.2, 0) is 19.5 Å². The average Bonchev–Trinajstić information content (AvgIpc) is 2.31. The molecule has 0 aliphatic heterocycles. The van der Waals surface area contributed by atoms with Crippen molar-refractivity contribution in [2.24, 2.45) is 0 Å². The second kappa shape index (κ2) is 7.12. The molecule has 0 heterocycles. The minimum atomic E-state index is -2.97. The van der Waals surface area contributed by atoms with Gasteiger partial charge in [-0.15, -0.1) is 12.4 Å². The molecule has 0 N–H and O–H groups in total. The van der Waals surface area contributed by atoms with Gasteiger partial charge in [0.05, 0.1) is 0 Å². The number of hydrogen-bond acceptors (Lipinski definition) is 3. The Labute approximate surface area is 111 Å². The molecule has 0 aromatic heterocycles. The molecule has 0 aliphatic rings. The van der Waals surface area contributed by atoms with Crippen LogP contribution in [0.25, 0.3) is 0 Å². The summed E-state index contributed by atoms with van der Waals surface area (Å²) in [6, 6.07) is 18.0. The van der Waals surface area contributed by atoms with Gasteiger partial charge >= 0.3 is 99.0 Å². The summed E-state index contributed by atoms with van der Waals surface area (Å²) in [5.41, 5.74) is 0. The van der Waals surface area contributed by atoms with Gasteiger partial charge in [-0.1, -0.05) is 0 Å². The fourth-order valence-corrected chi connectivity index (χ4v) is 2.13. The van der Waals surface area contributed by atoms with Crippen LogP contribution in [0.5, 0.6) is 11.5 Å². The normalized spacial score (nSPS) is 8.94. The predicted octanol–water partition coefficient (Wildman–Crippen LogP) is 3.36. The average molecular weight is 290 g/mol. The summed E-state index contributed by atoms with van der Waals surface area (Å²) >= 11 is -2.97. The first-order valence-corrected chi connectivity index (χ1v) is 6.49. The molecular weight excluding hydrogens is 279 g/mol. The number of benzene rings is 2. The van der Waals surface area contributed by atoms with Gasteiger partial charge in [-0.05, 0) is 0 Å². The maximum atomic E-state index is 11.6. The molecule has 0 spiro atoms. The zero-order valence-electron chi connectivity index (χ0n) is 8.85. The van der Waals surface area contributed by atoms with E-state index in [4.69, 9.17) is 7.32 Å². The van der Waals surface area contributed by atoms with Crippen LogP contribution in [0.4, 0.5) is 0 Å². The van der Waals surface area contributed by atoms with E-state index >= 15 is 0 Å². The van der Waals surface area contributed by atoms with Gasteiger partial charge in [0, 0.05) is 0 Å². The summed E-state index contributed by atoms with van der Waals surface area (Å²) < 4.78 is 21.9. The van der Waals surface area contributed by atoms with Crippen molar-refractivity contribution in [1.29, 1.82) is 0 Å². The molecule has 17 heavy (non-hydrogen) atoms. The van der Waals surface area contributed by atoms with Crippen molar-refractivity contribution in [1.82, 2.24) is 0 Å². The maximum absolute atomic E-state index is 11.6. The summed E-state index contributed by atoms with van der Waals surface area (Å²) in [7, 11) is 0. The third-order valence-corrected chi connectivity index (χ3v) is 2.97. The van der Waals surface area contributed by atoms with Crippen molar-refractivity contribution in [2.75, 3.05) is 0 Å². The molecule has 0 atom stereocenters. The molecular formula is C12H11ClO3V. The van der Waals surface area contributed by atoms with Crippen molar-refractivity contribution in [3.63, 3.8) is 0 Å². The van der Waals surface area contributed by atoms with Crippen molar-refractivity contribution in [3.05, 3.63) is 60.7 Å². The third-order valence-electron chi connectivity index (χ3n) is 1.85. The Morgan fingerprint density at radius 3 is 1.41 bits per heavy atom. The molecule has 2 aromatic carbocycles. The SMILES string of the molecule is Cl.[O]=[V]([O]c1ccccc1)[O]c1ccccc1. The van der Waals surface area contributed by atoms with Gasteiger partial charge in [-0.2, -0.15) is 0 Å². The van der Waals surface area contributed by atoms with E-state index in [0.29, 0.717) is 11.5 Å². The molecule has 0 unspecified atom stereocenters. The molecule has 0 saturated carbocycles. The van der Waals surface area contributed by atoms with E-state index in [9.17, 15) is 3.67 Å². The van der Waals surface area contributed by atoms with Gasteiger partial charge in [-0.25, -0.2) is 0 Å². The van der Waals surface area contributed by atoms with Crippen LogP contribution in [0.2, 0.25) is 0 Å². The van der Waals surface area contributed by atoms with E-state index in [1.807, 2.05) is 36.4 Å². The fraction of sp³-hybridized carbons (Fsp3) is 0. The van der Waals surface area contributed by atoms with Crippen LogP contribution >= 0.6 is 12.4 Å². The predicted molar refractivity (Wildman–Crippen MR) is 62.1 cm³/mol. The van der Waals surface area contributed by atoms with E-state index in [0.717, 1.165) is 0 Å². The van der Waals surface area contributed by atoms with Gasteiger partial charge in [0.2, 0.25) is 0 Å². The van der Waals surface area contributed by atoms with Crippen LogP contribution in [0.15, 0.2) is 60.7 Å². The second-order valence-electron chi connectivity index (χ2n) is 3.03. The van der Waals surface area contributed by atoms with E-state index < -0.39 is 15.8 Å². The number of rotatable bonds is 4. The Morgan fingerprint density at radius 1 is 0.706 bits per heavy atom. The molecule has 0 aliphatic carbocycles. The quantitative estimate of drug-likeness (QED) is 0.866. The molecule has 0 fully saturated rings. The second-order valence-corrected chi connectivity index (χ2v) is 4.30. The Morgan fingerprint density at radius 2 is 1.06 bits per heavy atom. The number of halogens is 1. The third kappa shape index (κ3) is 4.61. The van der Waals surface area contributed by atoms with Crippen molar-refractivity contribution in [2.45, 2.75) is 0 Å². The monoisotopic (exact) mass is 289 g/mol. The molecule has 0 radical (unpaired) electrons. The first kappa shape index (κ1) is 13.8. The van der Waals surface area contributed by atoms with Crippen molar-refractivity contribution in [3.8, 4) is 11.5 Å². The van der Waals surface area contributed by atoms with Gasteiger partial charge in [0.15, 0.2) is 0 Å². The zero-order chi connectivity index (χ0) is 11.2. The van der Waals surface area contributed by atoms with Gasteiger partial charge in [0.25, 0.3) is 0 Å². The number of para-hydroxylation sites is 2. The molecule has 2 rings (SSSR count). The van der Waals surface area contributed by atoms with Crippen LogP contribution < -0.4 is 7.32 Å². The summed E-state index contributed by atoms with van der Waals surface area (Å²) in [6.07, 6.45) is 0. The van der Waals surface area contributed by atoms with Crippen molar-refractivity contribution >= 4 is 12.4 Å². The molecule has 3 nitrogen and oxygen atoms in total. The van der Waals surface area contributed by atoms with Gasteiger partial charge < -0.3 is 0 Å². The zero-order valence-corrected chi connectivity index (χ0v) is 11.1. The van der Waals surface area contributed by atoms with E-state index in [1.54, 1.807) is 24.3 Å². The van der Waals surface area contributed by atoms with E-state index in [2.05, 4.69) is 0 Å². The number of hydrogen-bond donors (Lipinski definition) is 0. The summed E-state index contributed by atoms with van der Waals surface area (Å²) in [5.74, 6) is 1.13. The summed E-state index contributed by atoms with van der Waals surface area (Å²) in [4.78, 5) is 0. The van der Waals surface area contributed by atoms with Gasteiger partial charge in [0.1, 0.15) is 0 Å². The van der Waals surface area contributed by atoms with Crippen LogP contribution in [0, 0.1) is 0 Å². The Bertz CT molecular complexity index is 418. The van der Waals surface area contributed by atoms with E-state index in [1.165, 1.54) is 0 Å². The minimum absolute atomic E-state index is 0. The first-order valence-electron chi connectivity index (χ1n) is 4.78. The van der Waals surface area contributed by atoms with Gasteiger partial charge in [-0.3, -0.25) is 0 Å². The Balaban J connectivity index is 0.00000144.